The Hall–Kier alpha value is -2.28. The highest BCUT2D eigenvalue weighted by Gasteiger charge is 2.14. The molecule has 0 atom stereocenters. The Morgan fingerprint density at radius 3 is 2.67 bits per heavy atom. The van der Waals surface area contributed by atoms with E-state index in [2.05, 4.69) is 6.07 Å². The number of benzene rings is 1. The van der Waals surface area contributed by atoms with Crippen molar-refractivity contribution < 1.29 is 9.53 Å². The molecule has 94 valence electrons. The van der Waals surface area contributed by atoms with E-state index in [1.165, 1.54) is 7.11 Å². The molecule has 1 aromatic rings. The van der Waals surface area contributed by atoms with Gasteiger partial charge in [-0.05, 0) is 11.6 Å². The number of methoxy groups -OCH3 is 1. The normalized spacial score (nSPS) is 10.6. The summed E-state index contributed by atoms with van der Waals surface area (Å²) in [5.74, 6) is -0.403. The Balaban J connectivity index is 2.95. The summed E-state index contributed by atoms with van der Waals surface area (Å²) in [6.45, 7) is 0.490. The summed E-state index contributed by atoms with van der Waals surface area (Å²) in [4.78, 5) is 13.4. The maximum absolute atomic E-state index is 11.7. The van der Waals surface area contributed by atoms with Gasteiger partial charge in [-0.3, -0.25) is 0 Å². The van der Waals surface area contributed by atoms with E-state index in [9.17, 15) is 4.79 Å². The monoisotopic (exact) mass is 244 g/mol. The molecule has 0 unspecified atom stereocenters. The lowest BCUT2D eigenvalue weighted by molar-refractivity contribution is -0.137. The van der Waals surface area contributed by atoms with Crippen LogP contribution in [0.1, 0.15) is 12.0 Å². The van der Waals surface area contributed by atoms with E-state index in [0.29, 0.717) is 18.7 Å². The zero-order valence-corrected chi connectivity index (χ0v) is 10.6. The minimum atomic E-state index is -0.403. The number of rotatable bonds is 5. The number of ether oxygens (including phenoxy) is 1. The Labute approximate surface area is 107 Å². The maximum Gasteiger partial charge on any atom is 0.354 e. The molecule has 18 heavy (non-hydrogen) atoms. The summed E-state index contributed by atoms with van der Waals surface area (Å²) in [6, 6.07) is 11.6. The van der Waals surface area contributed by atoms with Crippen LogP contribution in [-0.2, 0) is 9.53 Å². The minimum absolute atomic E-state index is 0.361. The first kappa shape index (κ1) is 13.8. The van der Waals surface area contributed by atoms with Gasteiger partial charge in [0.2, 0.25) is 0 Å². The summed E-state index contributed by atoms with van der Waals surface area (Å²) >= 11 is 0. The van der Waals surface area contributed by atoms with Crippen LogP contribution < -0.4 is 0 Å². The van der Waals surface area contributed by atoms with Gasteiger partial charge in [0, 0.05) is 13.6 Å². The van der Waals surface area contributed by atoms with Gasteiger partial charge in [-0.2, -0.15) is 5.26 Å². The predicted octanol–water partition coefficient (Wildman–Crippen LogP) is 2.05. The van der Waals surface area contributed by atoms with E-state index < -0.39 is 5.97 Å². The summed E-state index contributed by atoms with van der Waals surface area (Å²) in [5, 5.41) is 8.57. The quantitative estimate of drug-likeness (QED) is 0.587. The topological polar surface area (TPSA) is 53.3 Å². The van der Waals surface area contributed by atoms with Gasteiger partial charge in [0.05, 0.1) is 19.6 Å². The van der Waals surface area contributed by atoms with Crippen LogP contribution in [0.2, 0.25) is 0 Å². The van der Waals surface area contributed by atoms with Gasteiger partial charge in [-0.1, -0.05) is 30.3 Å². The molecule has 1 rings (SSSR count). The molecule has 0 aliphatic rings. The fraction of sp³-hybridized carbons (Fsp3) is 0.286. The van der Waals surface area contributed by atoms with Gasteiger partial charge in [-0.15, -0.1) is 0 Å². The van der Waals surface area contributed by atoms with Crippen molar-refractivity contribution in [3.63, 3.8) is 0 Å². The van der Waals surface area contributed by atoms with E-state index in [0.717, 1.165) is 5.56 Å². The number of carbonyl (C=O) groups excluding carboxylic acids is 1. The van der Waals surface area contributed by atoms with Crippen LogP contribution in [0.25, 0.3) is 6.08 Å². The van der Waals surface area contributed by atoms with Gasteiger partial charge in [-0.25, -0.2) is 4.79 Å². The number of carbonyl (C=O) groups is 1. The van der Waals surface area contributed by atoms with E-state index in [1.54, 1.807) is 18.0 Å². The van der Waals surface area contributed by atoms with Gasteiger partial charge < -0.3 is 9.64 Å². The Bertz CT molecular complexity index is 460. The summed E-state index contributed by atoms with van der Waals surface area (Å²) in [6.07, 6.45) is 2.11. The second-order valence-electron chi connectivity index (χ2n) is 3.76. The molecule has 0 radical (unpaired) electrons. The SMILES string of the molecule is COC(=O)C(=Cc1ccccc1)N(C)CCC#N. The standard InChI is InChI=1S/C14H16N2O2/c1-16(10-6-9-15)13(14(17)18-2)11-12-7-4-3-5-8-12/h3-5,7-8,11H,6,10H2,1-2H3. The smallest absolute Gasteiger partial charge is 0.354 e. The van der Waals surface area contributed by atoms with Crippen molar-refractivity contribution >= 4 is 12.0 Å². The van der Waals surface area contributed by atoms with Crippen LogP contribution in [0, 0.1) is 11.3 Å². The van der Waals surface area contributed by atoms with Gasteiger partial charge >= 0.3 is 5.97 Å². The Kier molecular flexibility index (Phi) is 5.46. The van der Waals surface area contributed by atoms with Crippen molar-refractivity contribution in [3.05, 3.63) is 41.6 Å². The molecule has 0 heterocycles. The van der Waals surface area contributed by atoms with E-state index in [1.807, 2.05) is 30.3 Å². The lowest BCUT2D eigenvalue weighted by Gasteiger charge is -2.19. The lowest BCUT2D eigenvalue weighted by atomic mass is 10.2. The van der Waals surface area contributed by atoms with Crippen LogP contribution in [0.4, 0.5) is 0 Å². The van der Waals surface area contributed by atoms with E-state index in [4.69, 9.17) is 10.00 Å². The Morgan fingerprint density at radius 1 is 1.44 bits per heavy atom. The third-order valence-corrected chi connectivity index (χ3v) is 2.47. The Morgan fingerprint density at radius 2 is 2.11 bits per heavy atom. The molecular formula is C14H16N2O2. The third-order valence-electron chi connectivity index (χ3n) is 2.47. The molecule has 0 saturated heterocycles. The van der Waals surface area contributed by atoms with Gasteiger partial charge in [0.1, 0.15) is 5.70 Å². The zero-order chi connectivity index (χ0) is 13.4. The molecule has 0 amide bonds. The van der Waals surface area contributed by atoms with Crippen LogP contribution >= 0.6 is 0 Å². The molecule has 0 bridgehead atoms. The van der Waals surface area contributed by atoms with Crippen molar-refractivity contribution in [2.24, 2.45) is 0 Å². The summed E-state index contributed by atoms with van der Waals surface area (Å²) in [7, 11) is 3.11. The zero-order valence-electron chi connectivity index (χ0n) is 10.6. The van der Waals surface area contributed by atoms with Crippen molar-refractivity contribution in [2.45, 2.75) is 6.42 Å². The number of nitrogens with zero attached hydrogens (tertiary/aromatic N) is 2. The highest BCUT2D eigenvalue weighted by Crippen LogP contribution is 2.11. The first-order valence-corrected chi connectivity index (χ1v) is 5.62. The van der Waals surface area contributed by atoms with E-state index >= 15 is 0 Å². The second kappa shape index (κ2) is 7.13. The van der Waals surface area contributed by atoms with Crippen LogP contribution in [0.3, 0.4) is 0 Å². The summed E-state index contributed by atoms with van der Waals surface area (Å²) < 4.78 is 4.75. The first-order chi connectivity index (χ1) is 8.69. The molecule has 0 aliphatic carbocycles. The van der Waals surface area contributed by atoms with Crippen molar-refractivity contribution in [2.75, 3.05) is 20.7 Å². The van der Waals surface area contributed by atoms with Crippen molar-refractivity contribution in [3.8, 4) is 6.07 Å². The number of likely N-dealkylation sites (N-methyl/N-ethyl adjacent to an activating group) is 1. The predicted molar refractivity (Wildman–Crippen MR) is 69.3 cm³/mol. The molecule has 4 heteroatoms. The molecule has 0 aliphatic heterocycles. The molecule has 0 saturated carbocycles. The number of hydrogen-bond donors (Lipinski definition) is 0. The molecule has 0 spiro atoms. The molecule has 1 aromatic carbocycles. The average Bonchev–Trinajstić information content (AvgIpc) is 2.42. The lowest BCUT2D eigenvalue weighted by Crippen LogP contribution is -2.25. The minimum Gasteiger partial charge on any atom is -0.464 e. The van der Waals surface area contributed by atoms with Crippen molar-refractivity contribution in [1.82, 2.24) is 4.90 Å². The van der Waals surface area contributed by atoms with Crippen molar-refractivity contribution in [1.29, 1.82) is 5.26 Å². The molecular weight excluding hydrogens is 228 g/mol. The first-order valence-electron chi connectivity index (χ1n) is 5.62. The van der Waals surface area contributed by atoms with Crippen LogP contribution in [-0.4, -0.2) is 31.6 Å². The maximum atomic E-state index is 11.7. The molecule has 4 nitrogen and oxygen atoms in total. The van der Waals surface area contributed by atoms with Gasteiger partial charge in [0.25, 0.3) is 0 Å². The van der Waals surface area contributed by atoms with E-state index in [-0.39, 0.29) is 0 Å². The second-order valence-corrected chi connectivity index (χ2v) is 3.76. The fourth-order valence-corrected chi connectivity index (χ4v) is 1.47. The highest BCUT2D eigenvalue weighted by molar-refractivity contribution is 5.92. The largest absolute Gasteiger partial charge is 0.464 e. The third kappa shape index (κ3) is 3.95. The molecule has 0 N–H and O–H groups in total. The fourth-order valence-electron chi connectivity index (χ4n) is 1.47. The highest BCUT2D eigenvalue weighted by atomic mass is 16.5. The number of esters is 1. The number of nitriles is 1. The molecule has 0 fully saturated rings. The molecule has 0 aromatic heterocycles. The van der Waals surface area contributed by atoms with Gasteiger partial charge in [0.15, 0.2) is 0 Å². The summed E-state index contributed by atoms with van der Waals surface area (Å²) in [5.41, 5.74) is 1.36. The average molecular weight is 244 g/mol. The van der Waals surface area contributed by atoms with Crippen LogP contribution in [0.15, 0.2) is 36.0 Å². The van der Waals surface area contributed by atoms with Crippen LogP contribution in [0.5, 0.6) is 0 Å². The number of hydrogen-bond acceptors (Lipinski definition) is 4.